The zero-order valence-electron chi connectivity index (χ0n) is 16.2. The van der Waals surface area contributed by atoms with Gasteiger partial charge in [-0.3, -0.25) is 9.98 Å². The van der Waals surface area contributed by atoms with Gasteiger partial charge >= 0.3 is 0 Å². The highest BCUT2D eigenvalue weighted by Gasteiger charge is 2.16. The van der Waals surface area contributed by atoms with E-state index in [2.05, 4.69) is 78.4 Å². The van der Waals surface area contributed by atoms with Crippen LogP contribution in [0.2, 0.25) is 0 Å². The van der Waals surface area contributed by atoms with Crippen molar-refractivity contribution in [3.63, 3.8) is 0 Å². The third-order valence-corrected chi connectivity index (χ3v) is 7.61. The van der Waals surface area contributed by atoms with Crippen LogP contribution < -0.4 is 0 Å². The Balaban J connectivity index is 2.19. The molecule has 1 heterocycles. The summed E-state index contributed by atoms with van der Waals surface area (Å²) in [4.78, 5) is 8.49. The summed E-state index contributed by atoms with van der Waals surface area (Å²) in [6.07, 6.45) is 3.92. The third-order valence-electron chi connectivity index (χ3n) is 5.09. The molecule has 2 nitrogen and oxygen atoms in total. The lowest BCUT2D eigenvalue weighted by molar-refractivity contribution is 1.43. The summed E-state index contributed by atoms with van der Waals surface area (Å²) in [7, 11) is 3.12. The summed E-state index contributed by atoms with van der Waals surface area (Å²) in [5.74, 6) is 0. The van der Waals surface area contributed by atoms with E-state index in [1.54, 1.807) is 0 Å². The zero-order valence-corrected chi connectivity index (χ0v) is 17.1. The molecule has 0 aliphatic rings. The fourth-order valence-corrected chi connectivity index (χ4v) is 6.55. The maximum Gasteiger partial charge on any atom is 0.0284 e. The maximum absolute atomic E-state index is 4.25. The van der Waals surface area contributed by atoms with Crippen molar-refractivity contribution in [3.05, 3.63) is 76.9 Å². The van der Waals surface area contributed by atoms with Crippen molar-refractivity contribution in [2.75, 3.05) is 14.1 Å². The van der Waals surface area contributed by atoms with Gasteiger partial charge in [-0.25, -0.2) is 0 Å². The van der Waals surface area contributed by atoms with Crippen LogP contribution in [0.5, 0.6) is 0 Å². The lowest BCUT2D eigenvalue weighted by Crippen LogP contribution is -1.87. The van der Waals surface area contributed by atoms with Crippen LogP contribution in [0.4, 0.5) is 0 Å². The molecule has 3 aromatic carbocycles. The van der Waals surface area contributed by atoms with Crippen LogP contribution >= 0.6 is 7.53 Å². The summed E-state index contributed by atoms with van der Waals surface area (Å²) in [6.45, 7) is 4.36. The molecule has 27 heavy (non-hydrogen) atoms. The van der Waals surface area contributed by atoms with Gasteiger partial charge in [-0.2, -0.15) is 0 Å². The molecule has 0 amide bonds. The zero-order chi connectivity index (χ0) is 19.0. The number of hydrogen-bond acceptors (Lipinski definition) is 2. The monoisotopic (exact) mass is 370 g/mol. The van der Waals surface area contributed by atoms with Gasteiger partial charge in [-0.1, -0.05) is 37.9 Å². The highest BCUT2D eigenvalue weighted by Crippen LogP contribution is 2.55. The molecule has 0 aliphatic carbocycles. The largest absolute Gasteiger partial charge is 0.296 e. The second-order valence-electron chi connectivity index (χ2n) is 6.90. The van der Waals surface area contributed by atoms with Crippen LogP contribution in [0.25, 0.3) is 26.3 Å². The van der Waals surface area contributed by atoms with Gasteiger partial charge in [0.25, 0.3) is 0 Å². The molecular formula is C24H23N2P. The van der Waals surface area contributed by atoms with Gasteiger partial charge in [0.1, 0.15) is 0 Å². The van der Waals surface area contributed by atoms with Gasteiger partial charge in [-0.15, -0.1) is 0 Å². The summed E-state index contributed by atoms with van der Waals surface area (Å²) in [5.41, 5.74) is 4.95. The molecule has 0 bridgehead atoms. The highest BCUT2D eigenvalue weighted by atomic mass is 31.1. The summed E-state index contributed by atoms with van der Waals surface area (Å²) in [5, 5.41) is 6.97. The molecule has 0 radical (unpaired) electrons. The van der Waals surface area contributed by atoms with E-state index < -0.39 is 7.53 Å². The molecule has 0 saturated heterocycles. The molecule has 0 aliphatic heterocycles. The Bertz CT molecular complexity index is 1120. The Labute approximate surface area is 161 Å². The Morgan fingerprint density at radius 1 is 0.704 bits per heavy atom. The van der Waals surface area contributed by atoms with Crippen molar-refractivity contribution in [3.8, 4) is 5.30 Å². The molecule has 1 aromatic heterocycles. The standard InChI is InChI=1S/C24H23N2P/c1-16-10-23-21(12-18(16)14-25-3)22-13-19(15-26-4)17(2)11-24(22)27(23)20-8-6-5-7-9-20/h5-15H,1-4H3. The molecular weight excluding hydrogens is 347 g/mol. The molecule has 0 unspecified atom stereocenters. The Kier molecular flexibility index (Phi) is 4.68. The first-order valence-electron chi connectivity index (χ1n) is 9.13. The average Bonchev–Trinajstić information content (AvgIpc) is 2.96. The Morgan fingerprint density at radius 3 is 1.63 bits per heavy atom. The smallest absolute Gasteiger partial charge is 0.0284 e. The predicted octanol–water partition coefficient (Wildman–Crippen LogP) is 6.68. The van der Waals surface area contributed by atoms with Crippen LogP contribution in [0.15, 0.2) is 64.6 Å². The molecule has 0 saturated carbocycles. The van der Waals surface area contributed by atoms with E-state index in [0.29, 0.717) is 0 Å². The predicted molar refractivity (Wildman–Crippen MR) is 122 cm³/mol. The molecule has 134 valence electrons. The number of hydrogen-bond donors (Lipinski definition) is 0. The minimum absolute atomic E-state index is 0.537. The van der Waals surface area contributed by atoms with Crippen LogP contribution in [0, 0.1) is 13.8 Å². The SMILES string of the molecule is CN=Cc1cc2c3cc(C=NC)c(C)cc3p(-c3ccccc3)c2cc1C. The van der Waals surface area contributed by atoms with Crippen molar-refractivity contribution in [1.82, 2.24) is 0 Å². The first-order chi connectivity index (χ1) is 13.1. The van der Waals surface area contributed by atoms with Crippen LogP contribution in [-0.2, 0) is 0 Å². The van der Waals surface area contributed by atoms with Gasteiger partial charge in [0, 0.05) is 36.8 Å². The molecule has 4 rings (SSSR count). The van der Waals surface area contributed by atoms with Crippen LogP contribution in [0.3, 0.4) is 0 Å². The minimum Gasteiger partial charge on any atom is -0.296 e. The molecule has 3 heteroatoms. The lowest BCUT2D eigenvalue weighted by atomic mass is 10.0. The fourth-order valence-electron chi connectivity index (χ4n) is 3.76. The van der Waals surface area contributed by atoms with E-state index in [0.717, 1.165) is 0 Å². The molecule has 0 N–H and O–H groups in total. The third kappa shape index (κ3) is 3.01. The van der Waals surface area contributed by atoms with Gasteiger partial charge in [0.05, 0.1) is 0 Å². The minimum atomic E-state index is -0.537. The fraction of sp³-hybridized carbons (Fsp3) is 0.167. The van der Waals surface area contributed by atoms with Crippen molar-refractivity contribution in [2.24, 2.45) is 9.98 Å². The maximum atomic E-state index is 4.25. The molecule has 0 atom stereocenters. The first-order valence-corrected chi connectivity index (χ1v) is 10.5. The number of rotatable bonds is 3. The van der Waals surface area contributed by atoms with Crippen LogP contribution in [0.1, 0.15) is 22.3 Å². The first kappa shape index (κ1) is 17.7. The quantitative estimate of drug-likeness (QED) is 0.359. The van der Waals surface area contributed by atoms with E-state index in [1.165, 1.54) is 48.6 Å². The van der Waals surface area contributed by atoms with Crippen molar-refractivity contribution < 1.29 is 0 Å². The van der Waals surface area contributed by atoms with Crippen molar-refractivity contribution >= 4 is 41.0 Å². The second-order valence-corrected chi connectivity index (χ2v) is 9.05. The molecule has 0 spiro atoms. The molecule has 0 fully saturated rings. The summed E-state index contributed by atoms with van der Waals surface area (Å²) >= 11 is 0. The van der Waals surface area contributed by atoms with Crippen LogP contribution in [-0.4, -0.2) is 26.5 Å². The highest BCUT2D eigenvalue weighted by molar-refractivity contribution is 7.67. The number of fused-ring (bicyclic) bond motifs is 3. The number of nitrogens with zero attached hydrogens (tertiary/aromatic N) is 2. The van der Waals surface area contributed by atoms with Crippen molar-refractivity contribution in [1.29, 1.82) is 0 Å². The summed E-state index contributed by atoms with van der Waals surface area (Å²) in [6, 6.07) is 20.3. The number of aryl methyl sites for hydroxylation is 2. The second kappa shape index (κ2) is 7.13. The molecule has 4 aromatic rings. The van der Waals surface area contributed by atoms with E-state index in [1.807, 2.05) is 26.5 Å². The summed E-state index contributed by atoms with van der Waals surface area (Å²) < 4.78 is 0. The number of benzene rings is 3. The van der Waals surface area contributed by atoms with Crippen molar-refractivity contribution in [2.45, 2.75) is 13.8 Å². The van der Waals surface area contributed by atoms with Gasteiger partial charge < -0.3 is 0 Å². The number of aliphatic imine (C=N–C) groups is 2. The van der Waals surface area contributed by atoms with E-state index in [4.69, 9.17) is 0 Å². The van der Waals surface area contributed by atoms with Gasteiger partial charge in [0.15, 0.2) is 0 Å². The Morgan fingerprint density at radius 2 is 1.19 bits per heavy atom. The lowest BCUT2D eigenvalue weighted by Gasteiger charge is -2.06. The van der Waals surface area contributed by atoms with Gasteiger partial charge in [0.2, 0.25) is 0 Å². The average molecular weight is 370 g/mol. The normalized spacial score (nSPS) is 12.8. The van der Waals surface area contributed by atoms with E-state index >= 15 is 0 Å². The topological polar surface area (TPSA) is 24.7 Å². The van der Waals surface area contributed by atoms with E-state index in [-0.39, 0.29) is 0 Å². The van der Waals surface area contributed by atoms with Gasteiger partial charge in [-0.05, 0) is 76.4 Å². The Hall–Kier alpha value is -2.70. The van der Waals surface area contributed by atoms with E-state index in [9.17, 15) is 0 Å².